The van der Waals surface area contributed by atoms with Gasteiger partial charge in [0.05, 0.1) is 32.6 Å². The molecule has 0 spiro atoms. The first-order valence-corrected chi connectivity index (χ1v) is 11.5. The third kappa shape index (κ3) is 6.38. The third-order valence-electron chi connectivity index (χ3n) is 5.86. The first kappa shape index (κ1) is 24.3. The number of carbonyl (C=O) groups is 2. The number of rotatable bonds is 8. The molecule has 8 nitrogen and oxygen atoms in total. The van der Waals surface area contributed by atoms with Crippen LogP contribution in [0.2, 0.25) is 0 Å². The van der Waals surface area contributed by atoms with Crippen molar-refractivity contribution in [2.45, 2.75) is 0 Å². The van der Waals surface area contributed by atoms with Crippen LogP contribution < -0.4 is 20.7 Å². The van der Waals surface area contributed by atoms with Crippen molar-refractivity contribution in [1.82, 2.24) is 4.90 Å². The van der Waals surface area contributed by atoms with Crippen molar-refractivity contribution in [2.24, 2.45) is 0 Å². The molecule has 0 radical (unpaired) electrons. The molecule has 2 amide bonds. The van der Waals surface area contributed by atoms with Crippen LogP contribution in [0, 0.1) is 0 Å². The predicted octanol–water partition coefficient (Wildman–Crippen LogP) is 3.93. The number of hydrogen-bond donors (Lipinski definition) is 3. The number of carbonyl (C=O) groups excluding carboxylic acids is 2. The molecule has 0 bridgehead atoms. The van der Waals surface area contributed by atoms with Gasteiger partial charge in [-0.15, -0.1) is 0 Å². The predicted molar refractivity (Wildman–Crippen MR) is 138 cm³/mol. The lowest BCUT2D eigenvalue weighted by Gasteiger charge is -2.26. The number of hydrogen-bond acceptors (Lipinski definition) is 6. The lowest BCUT2D eigenvalue weighted by Crippen LogP contribution is -2.41. The number of amides is 2. The molecule has 0 atom stereocenters. The molecule has 0 aliphatic carbocycles. The quantitative estimate of drug-likeness (QED) is 0.458. The minimum absolute atomic E-state index is 0.146. The van der Waals surface area contributed by atoms with E-state index in [1.165, 1.54) is 0 Å². The molecule has 1 aliphatic rings. The van der Waals surface area contributed by atoms with Crippen LogP contribution in [0.1, 0.15) is 10.4 Å². The number of nitrogens with zero attached hydrogens (tertiary/aromatic N) is 1. The Morgan fingerprint density at radius 1 is 0.886 bits per heavy atom. The Kier molecular flexibility index (Phi) is 7.97. The summed E-state index contributed by atoms with van der Waals surface area (Å²) in [5.41, 5.74) is 4.74. The lowest BCUT2D eigenvalue weighted by molar-refractivity contribution is -0.118. The molecule has 3 aromatic carbocycles. The van der Waals surface area contributed by atoms with Gasteiger partial charge in [0.1, 0.15) is 5.75 Å². The molecular weight excluding hydrogens is 444 g/mol. The minimum atomic E-state index is -0.238. The fourth-order valence-electron chi connectivity index (χ4n) is 3.88. The van der Waals surface area contributed by atoms with Crippen LogP contribution in [0.5, 0.6) is 5.75 Å². The Bertz CT molecular complexity index is 1160. The summed E-state index contributed by atoms with van der Waals surface area (Å²) in [4.78, 5) is 27.4. The van der Waals surface area contributed by atoms with Gasteiger partial charge >= 0.3 is 0 Å². The van der Waals surface area contributed by atoms with E-state index in [9.17, 15) is 9.59 Å². The highest BCUT2D eigenvalue weighted by Gasteiger charge is 2.16. The molecule has 3 aromatic rings. The van der Waals surface area contributed by atoms with Crippen LogP contribution in [0.15, 0.2) is 66.7 Å². The third-order valence-corrected chi connectivity index (χ3v) is 5.86. The maximum atomic E-state index is 12.8. The van der Waals surface area contributed by atoms with Crippen LogP contribution in [0.4, 0.5) is 17.1 Å². The van der Waals surface area contributed by atoms with E-state index in [1.54, 1.807) is 37.4 Å². The fourth-order valence-corrected chi connectivity index (χ4v) is 3.88. The van der Waals surface area contributed by atoms with Gasteiger partial charge in [-0.3, -0.25) is 14.5 Å². The SMILES string of the molecule is CNc1ccc(-c2ccc(C(=O)Nc3ccc(OC)c(NC(=O)CN4CCOCC4)c3)cc2)cc1. The summed E-state index contributed by atoms with van der Waals surface area (Å²) >= 11 is 0. The first-order chi connectivity index (χ1) is 17.1. The highest BCUT2D eigenvalue weighted by molar-refractivity contribution is 6.05. The van der Waals surface area contributed by atoms with E-state index >= 15 is 0 Å². The van der Waals surface area contributed by atoms with Crippen LogP contribution in [-0.4, -0.2) is 63.7 Å². The van der Waals surface area contributed by atoms with Crippen molar-refractivity contribution in [2.75, 3.05) is 63.0 Å². The van der Waals surface area contributed by atoms with E-state index in [2.05, 4.69) is 16.0 Å². The first-order valence-electron chi connectivity index (χ1n) is 11.5. The summed E-state index contributed by atoms with van der Waals surface area (Å²) in [6.07, 6.45) is 0. The monoisotopic (exact) mass is 474 g/mol. The molecule has 4 rings (SSSR count). The van der Waals surface area contributed by atoms with Crippen LogP contribution >= 0.6 is 0 Å². The molecule has 0 unspecified atom stereocenters. The van der Waals surface area contributed by atoms with Crippen LogP contribution in [0.3, 0.4) is 0 Å². The second kappa shape index (κ2) is 11.5. The zero-order valence-electron chi connectivity index (χ0n) is 20.0. The van der Waals surface area contributed by atoms with E-state index in [-0.39, 0.29) is 18.4 Å². The standard InChI is InChI=1S/C27H30N4O4/c1-28-22-9-7-20(8-10-22)19-3-5-21(6-4-19)27(33)29-23-11-12-25(34-2)24(17-23)30-26(32)18-31-13-15-35-16-14-31/h3-12,17,28H,13-16,18H2,1-2H3,(H,29,33)(H,30,32). The highest BCUT2D eigenvalue weighted by Crippen LogP contribution is 2.28. The van der Waals surface area contributed by atoms with E-state index < -0.39 is 0 Å². The Morgan fingerprint density at radius 3 is 2.14 bits per heavy atom. The molecule has 0 saturated carbocycles. The van der Waals surface area contributed by atoms with E-state index in [0.29, 0.717) is 35.9 Å². The molecule has 1 heterocycles. The Balaban J connectivity index is 1.41. The van der Waals surface area contributed by atoms with Gasteiger partial charge in [-0.2, -0.15) is 0 Å². The second-order valence-electron chi connectivity index (χ2n) is 8.21. The maximum Gasteiger partial charge on any atom is 0.255 e. The number of methoxy groups -OCH3 is 1. The van der Waals surface area contributed by atoms with E-state index in [1.807, 2.05) is 48.3 Å². The smallest absolute Gasteiger partial charge is 0.255 e. The van der Waals surface area contributed by atoms with Crippen molar-refractivity contribution < 1.29 is 19.1 Å². The van der Waals surface area contributed by atoms with Crippen molar-refractivity contribution in [3.05, 3.63) is 72.3 Å². The zero-order valence-corrected chi connectivity index (χ0v) is 20.0. The minimum Gasteiger partial charge on any atom is -0.495 e. The van der Waals surface area contributed by atoms with Gasteiger partial charge in [0.25, 0.3) is 5.91 Å². The Hall–Kier alpha value is -3.88. The second-order valence-corrected chi connectivity index (χ2v) is 8.21. The molecule has 3 N–H and O–H groups in total. The van der Waals surface area contributed by atoms with Gasteiger partial charge in [-0.25, -0.2) is 0 Å². The summed E-state index contributed by atoms with van der Waals surface area (Å²) < 4.78 is 10.7. The van der Waals surface area contributed by atoms with Gasteiger partial charge in [0, 0.05) is 37.1 Å². The van der Waals surface area contributed by atoms with Gasteiger partial charge in [-0.1, -0.05) is 24.3 Å². The Labute approximate surface area is 205 Å². The highest BCUT2D eigenvalue weighted by atomic mass is 16.5. The number of anilines is 3. The topological polar surface area (TPSA) is 91.9 Å². The van der Waals surface area contributed by atoms with Crippen LogP contribution in [0.25, 0.3) is 11.1 Å². The lowest BCUT2D eigenvalue weighted by atomic mass is 10.0. The summed E-state index contributed by atoms with van der Waals surface area (Å²) in [5, 5.41) is 8.89. The molecule has 1 saturated heterocycles. The summed E-state index contributed by atoms with van der Waals surface area (Å²) in [7, 11) is 3.42. The van der Waals surface area contributed by atoms with Gasteiger partial charge < -0.3 is 25.4 Å². The Morgan fingerprint density at radius 2 is 1.51 bits per heavy atom. The average molecular weight is 475 g/mol. The summed E-state index contributed by atoms with van der Waals surface area (Å²) in [5.74, 6) is 0.136. The normalized spacial score (nSPS) is 13.7. The largest absolute Gasteiger partial charge is 0.495 e. The van der Waals surface area contributed by atoms with E-state index in [4.69, 9.17) is 9.47 Å². The van der Waals surface area contributed by atoms with Gasteiger partial charge in [0.2, 0.25) is 5.91 Å². The number of benzene rings is 3. The fraction of sp³-hybridized carbons (Fsp3) is 0.259. The summed E-state index contributed by atoms with van der Waals surface area (Å²) in [6, 6.07) is 20.7. The molecule has 0 aromatic heterocycles. The average Bonchev–Trinajstić information content (AvgIpc) is 2.89. The summed E-state index contributed by atoms with van der Waals surface area (Å²) in [6.45, 7) is 2.97. The van der Waals surface area contributed by atoms with E-state index in [0.717, 1.165) is 29.9 Å². The van der Waals surface area contributed by atoms with Gasteiger partial charge in [0.15, 0.2) is 0 Å². The molecular formula is C27H30N4O4. The van der Waals surface area contributed by atoms with Gasteiger partial charge in [-0.05, 0) is 53.6 Å². The molecule has 8 heteroatoms. The zero-order chi connectivity index (χ0) is 24.6. The maximum absolute atomic E-state index is 12.8. The molecule has 182 valence electrons. The molecule has 1 fully saturated rings. The number of ether oxygens (including phenoxy) is 2. The van der Waals surface area contributed by atoms with Crippen LogP contribution in [-0.2, 0) is 9.53 Å². The molecule has 1 aliphatic heterocycles. The number of nitrogens with one attached hydrogen (secondary N) is 3. The van der Waals surface area contributed by atoms with Crippen molar-refractivity contribution >= 4 is 28.9 Å². The van der Waals surface area contributed by atoms with Crippen molar-refractivity contribution in [3.8, 4) is 16.9 Å². The molecule has 35 heavy (non-hydrogen) atoms. The van der Waals surface area contributed by atoms with Crippen molar-refractivity contribution in [1.29, 1.82) is 0 Å². The number of morpholine rings is 1. The van der Waals surface area contributed by atoms with Crippen molar-refractivity contribution in [3.63, 3.8) is 0 Å².